The molecule has 0 spiro atoms. The summed E-state index contributed by atoms with van der Waals surface area (Å²) >= 11 is 0. The van der Waals surface area contributed by atoms with Crippen molar-refractivity contribution in [2.45, 2.75) is 33.4 Å². The summed E-state index contributed by atoms with van der Waals surface area (Å²) in [6, 6.07) is 6.53. The third kappa shape index (κ3) is 11.3. The van der Waals surface area contributed by atoms with Crippen molar-refractivity contribution in [1.29, 1.82) is 0 Å². The lowest BCUT2D eigenvalue weighted by molar-refractivity contribution is -0.0504. The van der Waals surface area contributed by atoms with Crippen LogP contribution in [-0.4, -0.2) is 46.6 Å². The van der Waals surface area contributed by atoms with Gasteiger partial charge in [0.25, 0.3) is 0 Å². The molecule has 10 heteroatoms. The van der Waals surface area contributed by atoms with E-state index in [0.29, 0.717) is 24.5 Å². The van der Waals surface area contributed by atoms with Crippen LogP contribution in [0.2, 0.25) is 0 Å². The molecule has 27 heavy (non-hydrogen) atoms. The number of nitrogens with one attached hydrogen (secondary N) is 2. The molecule has 0 fully saturated rings. The molecule has 0 atom stereocenters. The molecular formula is C17H28F2IN3O3S. The van der Waals surface area contributed by atoms with E-state index in [9.17, 15) is 17.2 Å². The standard InChI is InChI=1S/C17H27F2N3O3S.HI/c1-17(2,9-10-26(4,23)24)12-22-16(20-3)21-11-13-7-5-6-8-14(13)25-15(18)19;/h5-8,15H,9-12H2,1-4H3,(H2,20,21,22);1H. The molecule has 0 radical (unpaired) electrons. The second-order valence-corrected chi connectivity index (χ2v) is 9.07. The van der Waals surface area contributed by atoms with Crippen molar-refractivity contribution in [1.82, 2.24) is 10.6 Å². The van der Waals surface area contributed by atoms with Gasteiger partial charge in [-0.05, 0) is 17.9 Å². The Bertz CT molecular complexity index is 713. The number of hydrogen-bond donors (Lipinski definition) is 2. The molecular weight excluding hydrogens is 491 g/mol. The van der Waals surface area contributed by atoms with Crippen molar-refractivity contribution >= 4 is 39.8 Å². The van der Waals surface area contributed by atoms with Crippen LogP contribution in [0, 0.1) is 5.41 Å². The van der Waals surface area contributed by atoms with Crippen molar-refractivity contribution in [3.8, 4) is 5.75 Å². The molecule has 2 N–H and O–H groups in total. The number of guanidine groups is 1. The van der Waals surface area contributed by atoms with E-state index in [2.05, 4.69) is 20.4 Å². The Labute approximate surface area is 177 Å². The van der Waals surface area contributed by atoms with Gasteiger partial charge >= 0.3 is 6.61 Å². The van der Waals surface area contributed by atoms with E-state index >= 15 is 0 Å². The molecule has 0 aromatic heterocycles. The Balaban J connectivity index is 0.00000676. The predicted octanol–water partition coefficient (Wildman–Crippen LogP) is 3.03. The second kappa shape index (κ2) is 11.6. The summed E-state index contributed by atoms with van der Waals surface area (Å²) in [7, 11) is -1.41. The average Bonchev–Trinajstić information content (AvgIpc) is 2.53. The third-order valence-corrected chi connectivity index (χ3v) is 4.69. The monoisotopic (exact) mass is 519 g/mol. The normalized spacial score (nSPS) is 12.5. The van der Waals surface area contributed by atoms with E-state index in [-0.39, 0.29) is 47.4 Å². The lowest BCUT2D eigenvalue weighted by Gasteiger charge is -2.26. The van der Waals surface area contributed by atoms with Crippen molar-refractivity contribution in [2.24, 2.45) is 10.4 Å². The van der Waals surface area contributed by atoms with Crippen molar-refractivity contribution in [2.75, 3.05) is 25.6 Å². The molecule has 1 aromatic carbocycles. The summed E-state index contributed by atoms with van der Waals surface area (Å²) in [5.74, 6) is 0.717. The minimum Gasteiger partial charge on any atom is -0.434 e. The number of ether oxygens (including phenoxy) is 1. The summed E-state index contributed by atoms with van der Waals surface area (Å²) in [6.07, 6.45) is 1.73. The first kappa shape index (κ1) is 25.8. The molecule has 0 unspecified atom stereocenters. The van der Waals surface area contributed by atoms with Crippen LogP contribution in [0.4, 0.5) is 8.78 Å². The fourth-order valence-electron chi connectivity index (χ4n) is 2.13. The second-order valence-electron chi connectivity index (χ2n) is 6.81. The van der Waals surface area contributed by atoms with Gasteiger partial charge in [-0.2, -0.15) is 8.78 Å². The van der Waals surface area contributed by atoms with Crippen molar-refractivity contribution in [3.63, 3.8) is 0 Å². The molecule has 6 nitrogen and oxygen atoms in total. The highest BCUT2D eigenvalue weighted by Crippen LogP contribution is 2.21. The van der Waals surface area contributed by atoms with E-state index in [1.165, 1.54) is 12.3 Å². The zero-order valence-corrected chi connectivity index (χ0v) is 19.1. The summed E-state index contributed by atoms with van der Waals surface area (Å²) < 4.78 is 52.0. The van der Waals surface area contributed by atoms with Gasteiger partial charge in [-0.15, -0.1) is 24.0 Å². The van der Waals surface area contributed by atoms with Crippen LogP contribution in [0.15, 0.2) is 29.3 Å². The van der Waals surface area contributed by atoms with Crippen LogP contribution >= 0.6 is 24.0 Å². The molecule has 1 aromatic rings. The van der Waals surface area contributed by atoms with Gasteiger partial charge in [0.05, 0.1) is 5.75 Å². The van der Waals surface area contributed by atoms with Gasteiger partial charge < -0.3 is 15.4 Å². The Morgan fingerprint density at radius 2 is 1.89 bits per heavy atom. The first-order valence-electron chi connectivity index (χ1n) is 8.17. The maximum Gasteiger partial charge on any atom is 0.387 e. The fraction of sp³-hybridized carbons (Fsp3) is 0.588. The van der Waals surface area contributed by atoms with E-state index in [4.69, 9.17) is 0 Å². The van der Waals surface area contributed by atoms with Gasteiger partial charge in [0.2, 0.25) is 0 Å². The topological polar surface area (TPSA) is 79.8 Å². The molecule has 0 amide bonds. The van der Waals surface area contributed by atoms with E-state index in [1.54, 1.807) is 25.2 Å². The molecule has 156 valence electrons. The average molecular weight is 519 g/mol. The Hall–Kier alpha value is -1.17. The lowest BCUT2D eigenvalue weighted by atomic mass is 9.90. The largest absolute Gasteiger partial charge is 0.434 e. The molecule has 0 saturated carbocycles. The maximum absolute atomic E-state index is 12.5. The summed E-state index contributed by atoms with van der Waals surface area (Å²) in [4.78, 5) is 4.09. The molecule has 0 aliphatic carbocycles. The van der Waals surface area contributed by atoms with Gasteiger partial charge in [-0.25, -0.2) is 8.42 Å². The summed E-state index contributed by atoms with van der Waals surface area (Å²) in [5, 5.41) is 6.17. The first-order valence-corrected chi connectivity index (χ1v) is 10.2. The number of benzene rings is 1. The minimum absolute atomic E-state index is 0. The fourth-order valence-corrected chi connectivity index (χ4v) is 3.06. The Morgan fingerprint density at radius 1 is 1.26 bits per heavy atom. The molecule has 0 bridgehead atoms. The van der Waals surface area contributed by atoms with Crippen LogP contribution in [0.3, 0.4) is 0 Å². The summed E-state index contributed by atoms with van der Waals surface area (Å²) in [5.41, 5.74) is 0.323. The van der Waals surface area contributed by atoms with Gasteiger partial charge in [-0.3, -0.25) is 4.99 Å². The first-order chi connectivity index (χ1) is 12.0. The number of aliphatic imine (C=N–C) groups is 1. The van der Waals surface area contributed by atoms with Crippen LogP contribution in [0.25, 0.3) is 0 Å². The maximum atomic E-state index is 12.5. The number of halogens is 3. The van der Waals surface area contributed by atoms with Crippen molar-refractivity contribution < 1.29 is 21.9 Å². The van der Waals surface area contributed by atoms with Gasteiger partial charge in [0, 0.05) is 32.0 Å². The molecule has 0 aliphatic rings. The zero-order valence-electron chi connectivity index (χ0n) is 16.0. The smallest absolute Gasteiger partial charge is 0.387 e. The number of nitrogens with zero attached hydrogens (tertiary/aromatic N) is 1. The van der Waals surface area contributed by atoms with Gasteiger partial charge in [0.1, 0.15) is 15.6 Å². The third-order valence-electron chi connectivity index (χ3n) is 3.74. The molecule has 0 heterocycles. The highest BCUT2D eigenvalue weighted by molar-refractivity contribution is 14.0. The number of para-hydroxylation sites is 1. The minimum atomic E-state index is -3.01. The SMILES string of the molecule is CN=C(NCc1ccccc1OC(F)F)NCC(C)(C)CCS(C)(=O)=O.I. The number of hydrogen-bond acceptors (Lipinski definition) is 4. The zero-order chi connectivity index (χ0) is 19.8. The predicted molar refractivity (Wildman–Crippen MR) is 115 cm³/mol. The Morgan fingerprint density at radius 3 is 2.44 bits per heavy atom. The number of alkyl halides is 2. The lowest BCUT2D eigenvalue weighted by Crippen LogP contribution is -2.42. The highest BCUT2D eigenvalue weighted by atomic mass is 127. The molecule has 1 rings (SSSR count). The number of rotatable bonds is 9. The highest BCUT2D eigenvalue weighted by Gasteiger charge is 2.20. The van der Waals surface area contributed by atoms with Crippen LogP contribution in [-0.2, 0) is 16.4 Å². The Kier molecular flexibility index (Phi) is 11.1. The van der Waals surface area contributed by atoms with Gasteiger partial charge in [0.15, 0.2) is 5.96 Å². The van der Waals surface area contributed by atoms with E-state index in [1.807, 2.05) is 13.8 Å². The molecule has 0 saturated heterocycles. The molecule has 0 aliphatic heterocycles. The van der Waals surface area contributed by atoms with E-state index in [0.717, 1.165) is 0 Å². The van der Waals surface area contributed by atoms with Crippen LogP contribution in [0.5, 0.6) is 5.75 Å². The van der Waals surface area contributed by atoms with Crippen LogP contribution < -0.4 is 15.4 Å². The van der Waals surface area contributed by atoms with Gasteiger partial charge in [-0.1, -0.05) is 32.0 Å². The number of sulfone groups is 1. The van der Waals surface area contributed by atoms with Crippen molar-refractivity contribution in [3.05, 3.63) is 29.8 Å². The summed E-state index contributed by atoms with van der Waals surface area (Å²) in [6.45, 7) is 1.81. The van der Waals surface area contributed by atoms with E-state index < -0.39 is 16.4 Å². The quantitative estimate of drug-likeness (QED) is 0.298. The van der Waals surface area contributed by atoms with Crippen LogP contribution in [0.1, 0.15) is 25.8 Å².